The van der Waals surface area contributed by atoms with Crippen LogP contribution in [0.3, 0.4) is 0 Å². The van der Waals surface area contributed by atoms with Gasteiger partial charge in [0.2, 0.25) is 0 Å². The minimum atomic E-state index is 0.0531. The van der Waals surface area contributed by atoms with Crippen LogP contribution in [0.1, 0.15) is 58.8 Å². The van der Waals surface area contributed by atoms with E-state index in [9.17, 15) is 0 Å². The number of ether oxygens (including phenoxy) is 1. The summed E-state index contributed by atoms with van der Waals surface area (Å²) in [6, 6.07) is 0.324. The second-order valence-corrected chi connectivity index (χ2v) is 6.20. The van der Waals surface area contributed by atoms with Crippen LogP contribution < -0.4 is 5.32 Å². The van der Waals surface area contributed by atoms with Crippen molar-refractivity contribution in [1.29, 1.82) is 0 Å². The van der Waals surface area contributed by atoms with Crippen LogP contribution in [0.25, 0.3) is 0 Å². The van der Waals surface area contributed by atoms with Crippen molar-refractivity contribution in [3.8, 4) is 0 Å². The largest absolute Gasteiger partial charge is 0.379 e. The van der Waals surface area contributed by atoms with Crippen molar-refractivity contribution in [2.75, 3.05) is 13.7 Å². The van der Waals surface area contributed by atoms with Gasteiger partial charge >= 0.3 is 0 Å². The van der Waals surface area contributed by atoms with E-state index < -0.39 is 0 Å². The maximum absolute atomic E-state index is 6.39. The molecule has 0 radical (unpaired) electrons. The Morgan fingerprint density at radius 3 is 2.45 bits per heavy atom. The lowest BCUT2D eigenvalue weighted by Crippen LogP contribution is -2.38. The molecule has 0 aliphatic heterocycles. The van der Waals surface area contributed by atoms with Crippen molar-refractivity contribution < 1.29 is 4.74 Å². The van der Waals surface area contributed by atoms with Crippen LogP contribution in [-0.4, -0.2) is 29.5 Å². The van der Waals surface area contributed by atoms with Crippen molar-refractivity contribution in [1.82, 2.24) is 15.1 Å². The number of aromatic nitrogens is 2. The predicted octanol–water partition coefficient (Wildman–Crippen LogP) is 3.83. The lowest BCUT2D eigenvalue weighted by Gasteiger charge is -2.31. The van der Waals surface area contributed by atoms with E-state index in [0.717, 1.165) is 18.7 Å². The van der Waals surface area contributed by atoms with Crippen LogP contribution in [0.2, 0.25) is 5.02 Å². The molecule has 1 heterocycles. The third kappa shape index (κ3) is 3.96. The van der Waals surface area contributed by atoms with E-state index in [1.807, 2.05) is 4.68 Å². The summed E-state index contributed by atoms with van der Waals surface area (Å²) in [5.74, 6) is 0.390. The maximum Gasteiger partial charge on any atom is 0.0835 e. The minimum Gasteiger partial charge on any atom is -0.379 e. The minimum absolute atomic E-state index is 0.0531. The number of nitrogens with zero attached hydrogens (tertiary/aromatic N) is 2. The first-order valence-corrected chi connectivity index (χ1v) is 7.80. The summed E-state index contributed by atoms with van der Waals surface area (Å²) in [7, 11) is 1.76. The normalized spacial score (nSPS) is 15.1. The lowest BCUT2D eigenvalue weighted by atomic mass is 9.96. The lowest BCUT2D eigenvalue weighted by molar-refractivity contribution is 0.0298. The van der Waals surface area contributed by atoms with Crippen molar-refractivity contribution >= 4 is 11.6 Å². The number of rotatable bonds is 8. The van der Waals surface area contributed by atoms with Crippen LogP contribution in [0.5, 0.6) is 0 Å². The average Bonchev–Trinajstić information content (AvgIpc) is 2.76. The van der Waals surface area contributed by atoms with Crippen molar-refractivity contribution in [2.45, 2.75) is 59.2 Å². The summed E-state index contributed by atoms with van der Waals surface area (Å²) >= 11 is 6.39. The van der Waals surface area contributed by atoms with Crippen molar-refractivity contribution in [2.24, 2.45) is 5.92 Å². The highest BCUT2D eigenvalue weighted by molar-refractivity contribution is 6.31. The smallest absolute Gasteiger partial charge is 0.0835 e. The molecule has 0 aliphatic rings. The highest BCUT2D eigenvalue weighted by atomic mass is 35.5. The highest BCUT2D eigenvalue weighted by Crippen LogP contribution is 2.31. The third-order valence-corrected chi connectivity index (χ3v) is 3.73. The summed E-state index contributed by atoms with van der Waals surface area (Å²) in [5.41, 5.74) is 1.02. The summed E-state index contributed by atoms with van der Waals surface area (Å²) in [4.78, 5) is 0. The molecule has 20 heavy (non-hydrogen) atoms. The maximum atomic E-state index is 6.39. The molecule has 1 N–H and O–H groups in total. The van der Waals surface area contributed by atoms with Crippen LogP contribution in [-0.2, 0) is 4.74 Å². The van der Waals surface area contributed by atoms with Crippen LogP contribution >= 0.6 is 11.6 Å². The molecule has 2 atom stereocenters. The fourth-order valence-electron chi connectivity index (χ4n) is 2.51. The van der Waals surface area contributed by atoms with Gasteiger partial charge in [-0.05, 0) is 32.7 Å². The van der Waals surface area contributed by atoms with Crippen molar-refractivity contribution in [3.05, 3.63) is 16.9 Å². The zero-order valence-electron chi connectivity index (χ0n) is 13.5. The highest BCUT2D eigenvalue weighted by Gasteiger charge is 2.30. The Labute approximate surface area is 127 Å². The van der Waals surface area contributed by atoms with Gasteiger partial charge < -0.3 is 10.1 Å². The van der Waals surface area contributed by atoms with Gasteiger partial charge in [0.15, 0.2) is 0 Å². The average molecular weight is 302 g/mol. The molecule has 1 aromatic heterocycles. The quantitative estimate of drug-likeness (QED) is 0.793. The number of hydrogen-bond acceptors (Lipinski definition) is 3. The zero-order chi connectivity index (χ0) is 15.3. The fourth-order valence-corrected chi connectivity index (χ4v) is 2.76. The van der Waals surface area contributed by atoms with Gasteiger partial charge in [-0.15, -0.1) is 0 Å². The van der Waals surface area contributed by atoms with E-state index in [0.29, 0.717) is 10.9 Å². The Morgan fingerprint density at radius 1 is 1.35 bits per heavy atom. The first kappa shape index (κ1) is 17.5. The second-order valence-electron chi connectivity index (χ2n) is 5.79. The molecular formula is C15H28ClN3O. The van der Waals surface area contributed by atoms with Crippen LogP contribution in [0.15, 0.2) is 6.20 Å². The molecule has 0 aliphatic carbocycles. The molecule has 116 valence electrons. The first-order valence-electron chi connectivity index (χ1n) is 7.43. The van der Waals surface area contributed by atoms with Gasteiger partial charge in [0.1, 0.15) is 0 Å². The molecule has 1 rings (SSSR count). The van der Waals surface area contributed by atoms with Gasteiger partial charge in [0.25, 0.3) is 0 Å². The molecule has 0 spiro atoms. The SMILES string of the molecule is CCCNC(c1c(Cl)cnn1C(C)C)C(OC)C(C)C. The first-order chi connectivity index (χ1) is 9.43. The Balaban J connectivity index is 3.19. The molecule has 5 heteroatoms. The summed E-state index contributed by atoms with van der Waals surface area (Å²) < 4.78 is 7.71. The molecule has 0 saturated heterocycles. The zero-order valence-corrected chi connectivity index (χ0v) is 14.2. The molecule has 0 aromatic carbocycles. The van der Waals surface area contributed by atoms with Gasteiger partial charge in [-0.2, -0.15) is 5.10 Å². The summed E-state index contributed by atoms with van der Waals surface area (Å²) in [6.07, 6.45) is 2.86. The van der Waals surface area contributed by atoms with Crippen LogP contribution in [0.4, 0.5) is 0 Å². The standard InChI is InChI=1S/C15H28ClN3O/c1-7-8-17-13(15(20-6)10(2)3)14-12(16)9-18-19(14)11(4)5/h9-11,13,15,17H,7-8H2,1-6H3. The van der Waals surface area contributed by atoms with Gasteiger partial charge in [0.05, 0.1) is 29.1 Å². The van der Waals surface area contributed by atoms with E-state index in [4.69, 9.17) is 16.3 Å². The number of hydrogen-bond donors (Lipinski definition) is 1. The number of methoxy groups -OCH3 is 1. The fraction of sp³-hybridized carbons (Fsp3) is 0.800. The summed E-state index contributed by atoms with van der Waals surface area (Å²) in [6.45, 7) is 11.6. The van der Waals surface area contributed by atoms with Crippen LogP contribution in [0, 0.1) is 5.92 Å². The molecule has 0 fully saturated rings. The molecule has 0 bridgehead atoms. The molecule has 2 unspecified atom stereocenters. The van der Waals surface area contributed by atoms with Gasteiger partial charge in [0, 0.05) is 13.2 Å². The Kier molecular flexibility index (Phi) is 7.00. The van der Waals surface area contributed by atoms with E-state index in [1.165, 1.54) is 0 Å². The second kappa shape index (κ2) is 8.01. The summed E-state index contributed by atoms with van der Waals surface area (Å²) in [5, 5.41) is 8.68. The monoisotopic (exact) mass is 301 g/mol. The molecule has 1 aromatic rings. The van der Waals surface area contributed by atoms with Gasteiger partial charge in [-0.1, -0.05) is 32.4 Å². The van der Waals surface area contributed by atoms with E-state index in [-0.39, 0.29) is 18.2 Å². The van der Waals surface area contributed by atoms with Crippen molar-refractivity contribution in [3.63, 3.8) is 0 Å². The van der Waals surface area contributed by atoms with E-state index >= 15 is 0 Å². The molecule has 4 nitrogen and oxygen atoms in total. The Hall–Kier alpha value is -0.580. The van der Waals surface area contributed by atoms with E-state index in [2.05, 4.69) is 45.0 Å². The predicted molar refractivity (Wildman–Crippen MR) is 84.3 cm³/mol. The Bertz CT molecular complexity index is 404. The Morgan fingerprint density at radius 2 is 2.00 bits per heavy atom. The van der Waals surface area contributed by atoms with Gasteiger partial charge in [-0.25, -0.2) is 0 Å². The van der Waals surface area contributed by atoms with Gasteiger partial charge in [-0.3, -0.25) is 4.68 Å². The number of halogens is 1. The number of nitrogens with one attached hydrogen (secondary N) is 1. The third-order valence-electron chi connectivity index (χ3n) is 3.44. The molecule has 0 amide bonds. The topological polar surface area (TPSA) is 39.1 Å². The molecular weight excluding hydrogens is 274 g/mol. The molecule has 0 saturated carbocycles. The van der Waals surface area contributed by atoms with E-state index in [1.54, 1.807) is 13.3 Å².